The summed E-state index contributed by atoms with van der Waals surface area (Å²) in [7, 11) is -3.18. The Morgan fingerprint density at radius 3 is 2.62 bits per heavy atom. The summed E-state index contributed by atoms with van der Waals surface area (Å²) in [6, 6.07) is 6.77. The van der Waals surface area contributed by atoms with Crippen molar-refractivity contribution in [1.82, 2.24) is 14.8 Å². The number of benzene rings is 1. The summed E-state index contributed by atoms with van der Waals surface area (Å²) in [5.74, 6) is 2.20. The van der Waals surface area contributed by atoms with E-state index >= 15 is 0 Å². The third-order valence-corrected chi connectivity index (χ3v) is 5.05. The summed E-state index contributed by atoms with van der Waals surface area (Å²) in [5.41, 5.74) is 6.64. The van der Waals surface area contributed by atoms with Gasteiger partial charge in [-0.3, -0.25) is 0 Å². The number of rotatable bonds is 3. The zero-order chi connectivity index (χ0) is 15.0. The number of hydrogen-bond acceptors (Lipinski definition) is 5. The molecule has 0 bridgehead atoms. The van der Waals surface area contributed by atoms with Crippen LogP contribution in [0.15, 0.2) is 29.2 Å². The predicted octanol–water partition coefficient (Wildman–Crippen LogP) is 0.870. The second-order valence-corrected chi connectivity index (χ2v) is 7.50. The van der Waals surface area contributed by atoms with Gasteiger partial charge in [-0.1, -0.05) is 0 Å². The van der Waals surface area contributed by atoms with Gasteiger partial charge >= 0.3 is 0 Å². The number of fused-ring (bicyclic) bond motifs is 1. The number of aromatic nitrogens is 3. The highest BCUT2D eigenvalue weighted by molar-refractivity contribution is 7.90. The predicted molar refractivity (Wildman–Crippen MR) is 79.4 cm³/mol. The van der Waals surface area contributed by atoms with E-state index in [9.17, 15) is 8.42 Å². The van der Waals surface area contributed by atoms with Crippen LogP contribution in [-0.2, 0) is 22.8 Å². The fourth-order valence-corrected chi connectivity index (χ4v) is 3.28. The highest BCUT2D eigenvalue weighted by Crippen LogP contribution is 2.26. The Kier molecular flexibility index (Phi) is 3.54. The van der Waals surface area contributed by atoms with E-state index in [1.54, 1.807) is 24.3 Å². The van der Waals surface area contributed by atoms with Gasteiger partial charge in [-0.25, -0.2) is 8.42 Å². The van der Waals surface area contributed by atoms with E-state index in [4.69, 9.17) is 5.73 Å². The lowest BCUT2D eigenvalue weighted by Crippen LogP contribution is -2.26. The number of aryl methyl sites for hydroxylation is 1. The van der Waals surface area contributed by atoms with Gasteiger partial charge in [-0.2, -0.15) is 0 Å². The Morgan fingerprint density at radius 1 is 1.29 bits per heavy atom. The summed E-state index contributed by atoms with van der Waals surface area (Å²) >= 11 is 0. The normalized spacial score (nSPS) is 18.5. The van der Waals surface area contributed by atoms with Gasteiger partial charge < -0.3 is 10.3 Å². The minimum Gasteiger partial charge on any atom is -0.330 e. The first-order valence-corrected chi connectivity index (χ1v) is 8.81. The van der Waals surface area contributed by atoms with Crippen LogP contribution in [0.4, 0.5) is 0 Å². The van der Waals surface area contributed by atoms with Crippen LogP contribution < -0.4 is 5.73 Å². The largest absolute Gasteiger partial charge is 0.330 e. The molecule has 0 radical (unpaired) electrons. The smallest absolute Gasteiger partial charge is 0.175 e. The van der Waals surface area contributed by atoms with Crippen LogP contribution in [0.5, 0.6) is 0 Å². The molecule has 1 aliphatic rings. The van der Waals surface area contributed by atoms with Gasteiger partial charge in [0.05, 0.1) is 4.90 Å². The van der Waals surface area contributed by atoms with Gasteiger partial charge in [0.25, 0.3) is 0 Å². The van der Waals surface area contributed by atoms with E-state index in [-0.39, 0.29) is 0 Å². The second kappa shape index (κ2) is 5.23. The molecule has 1 unspecified atom stereocenters. The van der Waals surface area contributed by atoms with E-state index in [0.717, 1.165) is 36.6 Å². The topological polar surface area (TPSA) is 90.9 Å². The van der Waals surface area contributed by atoms with Crippen molar-refractivity contribution in [3.05, 3.63) is 30.1 Å². The van der Waals surface area contributed by atoms with Crippen molar-refractivity contribution in [1.29, 1.82) is 0 Å². The summed E-state index contributed by atoms with van der Waals surface area (Å²) in [6.07, 6.45) is 3.13. The fraction of sp³-hybridized carbons (Fsp3) is 0.429. The second-order valence-electron chi connectivity index (χ2n) is 5.49. The zero-order valence-corrected chi connectivity index (χ0v) is 12.7. The third kappa shape index (κ3) is 2.71. The Bertz CT molecular complexity index is 750. The van der Waals surface area contributed by atoms with Crippen LogP contribution in [0.2, 0.25) is 0 Å². The van der Waals surface area contributed by atoms with Gasteiger partial charge in [0.15, 0.2) is 15.7 Å². The quantitative estimate of drug-likeness (QED) is 0.908. The molecule has 3 rings (SSSR count). The van der Waals surface area contributed by atoms with E-state index in [0.29, 0.717) is 17.4 Å². The molecule has 7 heteroatoms. The molecular formula is C14H18N4O2S. The molecular weight excluding hydrogens is 288 g/mol. The summed E-state index contributed by atoms with van der Waals surface area (Å²) < 4.78 is 25.1. The Balaban J connectivity index is 1.97. The van der Waals surface area contributed by atoms with Crippen molar-refractivity contribution in [2.45, 2.75) is 24.3 Å². The number of nitrogens with two attached hydrogens (primary N) is 1. The molecule has 0 spiro atoms. The van der Waals surface area contributed by atoms with E-state index < -0.39 is 9.84 Å². The monoisotopic (exact) mass is 306 g/mol. The summed E-state index contributed by atoms with van der Waals surface area (Å²) in [4.78, 5) is 0.310. The molecule has 1 aromatic carbocycles. The number of hydrogen-bond donors (Lipinski definition) is 1. The molecule has 0 amide bonds. The van der Waals surface area contributed by atoms with Crippen molar-refractivity contribution in [2.75, 3.05) is 12.8 Å². The van der Waals surface area contributed by atoms with E-state index in [1.165, 1.54) is 6.26 Å². The minimum absolute atomic E-state index is 0.310. The average molecular weight is 306 g/mol. The first-order chi connectivity index (χ1) is 9.99. The molecule has 2 heterocycles. The third-order valence-electron chi connectivity index (χ3n) is 3.92. The minimum atomic E-state index is -3.18. The lowest BCUT2D eigenvalue weighted by atomic mass is 9.99. The molecule has 0 fully saturated rings. The lowest BCUT2D eigenvalue weighted by molar-refractivity contribution is 0.375. The lowest BCUT2D eigenvalue weighted by Gasteiger charge is -2.22. The number of sulfone groups is 1. The van der Waals surface area contributed by atoms with Crippen LogP contribution in [0.25, 0.3) is 11.4 Å². The maximum atomic E-state index is 11.5. The molecule has 2 N–H and O–H groups in total. The Hall–Kier alpha value is -1.73. The van der Waals surface area contributed by atoms with Crippen LogP contribution in [-0.4, -0.2) is 36.0 Å². The molecule has 1 aliphatic heterocycles. The van der Waals surface area contributed by atoms with Gasteiger partial charge in [0.1, 0.15) is 5.82 Å². The molecule has 0 saturated carbocycles. The standard InChI is InChI=1S/C14H18N4O2S/c1-21(19,20)12-5-3-11(4-6-12)14-17-16-13-7-2-10(8-15)9-18(13)14/h3-6,10H,2,7-9,15H2,1H3. The van der Waals surface area contributed by atoms with Crippen LogP contribution in [0, 0.1) is 5.92 Å². The molecule has 1 atom stereocenters. The van der Waals surface area contributed by atoms with Crippen LogP contribution >= 0.6 is 0 Å². The van der Waals surface area contributed by atoms with Gasteiger partial charge in [0, 0.05) is 24.8 Å². The van der Waals surface area contributed by atoms with Crippen LogP contribution in [0.1, 0.15) is 12.2 Å². The van der Waals surface area contributed by atoms with Crippen molar-refractivity contribution in [3.8, 4) is 11.4 Å². The van der Waals surface area contributed by atoms with E-state index in [1.807, 2.05) is 0 Å². The van der Waals surface area contributed by atoms with Crippen molar-refractivity contribution >= 4 is 9.84 Å². The summed E-state index contributed by atoms with van der Waals surface area (Å²) in [6.45, 7) is 1.48. The Labute approximate surface area is 123 Å². The maximum Gasteiger partial charge on any atom is 0.175 e. The fourth-order valence-electron chi connectivity index (χ4n) is 2.65. The van der Waals surface area contributed by atoms with Crippen molar-refractivity contribution in [3.63, 3.8) is 0 Å². The molecule has 0 saturated heterocycles. The van der Waals surface area contributed by atoms with Gasteiger partial charge in [-0.05, 0) is 43.1 Å². The van der Waals surface area contributed by atoms with E-state index in [2.05, 4.69) is 14.8 Å². The molecule has 21 heavy (non-hydrogen) atoms. The highest BCUT2D eigenvalue weighted by Gasteiger charge is 2.22. The molecule has 0 aliphatic carbocycles. The van der Waals surface area contributed by atoms with Gasteiger partial charge in [0.2, 0.25) is 0 Å². The molecule has 112 valence electrons. The highest BCUT2D eigenvalue weighted by atomic mass is 32.2. The van der Waals surface area contributed by atoms with Crippen molar-refractivity contribution in [2.24, 2.45) is 11.7 Å². The first kappa shape index (κ1) is 14.2. The van der Waals surface area contributed by atoms with Crippen LogP contribution in [0.3, 0.4) is 0 Å². The molecule has 6 nitrogen and oxygen atoms in total. The first-order valence-electron chi connectivity index (χ1n) is 6.91. The molecule has 2 aromatic rings. The summed E-state index contributed by atoms with van der Waals surface area (Å²) in [5, 5.41) is 8.48. The maximum absolute atomic E-state index is 11.5. The molecule has 1 aromatic heterocycles. The Morgan fingerprint density at radius 2 is 2.00 bits per heavy atom. The van der Waals surface area contributed by atoms with Gasteiger partial charge in [-0.15, -0.1) is 10.2 Å². The van der Waals surface area contributed by atoms with Crippen molar-refractivity contribution < 1.29 is 8.42 Å². The zero-order valence-electron chi connectivity index (χ0n) is 11.9. The SMILES string of the molecule is CS(=O)(=O)c1ccc(-c2nnc3n2CC(CN)CC3)cc1. The average Bonchev–Trinajstić information content (AvgIpc) is 2.89. The number of nitrogens with zero attached hydrogens (tertiary/aromatic N) is 3.